The van der Waals surface area contributed by atoms with Gasteiger partial charge in [0.25, 0.3) is 0 Å². The Morgan fingerprint density at radius 1 is 0.462 bits per heavy atom. The van der Waals surface area contributed by atoms with Gasteiger partial charge in [-0.05, 0) is 0 Å². The first-order valence-corrected chi connectivity index (χ1v) is 5.29. The fraction of sp³-hybridized carbons (Fsp3) is 1.00. The molecule has 26 heavy (non-hydrogen) atoms. The normalized spacial score (nSPS) is 16.0. The summed E-state index contributed by atoms with van der Waals surface area (Å²) in [6.07, 6.45) is -14.8. The molecule has 2 N–H and O–H groups in total. The van der Waals surface area contributed by atoms with E-state index in [2.05, 4.69) is 0 Å². The molecule has 3 nitrogen and oxygen atoms in total. The van der Waals surface area contributed by atoms with Crippen molar-refractivity contribution in [3.05, 3.63) is 0 Å². The van der Waals surface area contributed by atoms with Crippen molar-refractivity contribution < 1.29 is 80.6 Å². The smallest absolute Gasteiger partial charge is 0.402 e. The lowest BCUT2D eigenvalue weighted by atomic mass is 9.93. The van der Waals surface area contributed by atoms with E-state index in [0.717, 1.165) is 0 Å². The second-order valence-electron chi connectivity index (χ2n) is 4.33. The van der Waals surface area contributed by atoms with Crippen LogP contribution in [0, 0.1) is 0 Å². The van der Waals surface area contributed by atoms with Gasteiger partial charge in [0.1, 0.15) is 0 Å². The second kappa shape index (κ2) is 6.21. The van der Waals surface area contributed by atoms with Gasteiger partial charge >= 0.3 is 49.2 Å². The van der Waals surface area contributed by atoms with Gasteiger partial charge < -0.3 is 14.7 Å². The summed E-state index contributed by atoms with van der Waals surface area (Å²) in [6.45, 7) is 0. The average molecular weight is 430 g/mol. The summed E-state index contributed by atoms with van der Waals surface area (Å²) < 4.78 is 190. The molecule has 0 heterocycles. The van der Waals surface area contributed by atoms with E-state index < -0.39 is 49.2 Å². The minimum Gasteiger partial charge on any atom is -0.402 e. The Labute approximate surface area is 131 Å². The predicted molar refractivity (Wildman–Crippen MR) is 47.0 cm³/mol. The monoisotopic (exact) mass is 430 g/mol. The van der Waals surface area contributed by atoms with E-state index >= 15 is 0 Å². The molecule has 0 atom stereocenters. The molecule has 0 spiro atoms. The highest BCUT2D eigenvalue weighted by atomic mass is 19.4. The minimum atomic E-state index is -8.45. The van der Waals surface area contributed by atoms with Gasteiger partial charge in [0.2, 0.25) is 0 Å². The van der Waals surface area contributed by atoms with Gasteiger partial charge in [0.15, 0.2) is 0 Å². The van der Waals surface area contributed by atoms with Gasteiger partial charge in [-0.15, -0.1) is 0 Å². The predicted octanol–water partition coefficient (Wildman–Crippen LogP) is 3.30. The van der Waals surface area contributed by atoms with Crippen molar-refractivity contribution in [1.29, 1.82) is 0 Å². The fourth-order valence-electron chi connectivity index (χ4n) is 1.16. The Hall–Kier alpha value is -1.11. The fourth-order valence-corrected chi connectivity index (χ4v) is 1.16. The van der Waals surface area contributed by atoms with Gasteiger partial charge in [-0.2, -0.15) is 65.9 Å². The molecule has 0 saturated heterocycles. The molecule has 0 aromatic carbocycles. The van der Waals surface area contributed by atoms with Crippen LogP contribution in [0.4, 0.5) is 65.9 Å². The summed E-state index contributed by atoms with van der Waals surface area (Å²) >= 11 is 0. The molecule has 0 saturated carbocycles. The lowest BCUT2D eigenvalue weighted by Crippen LogP contribution is -2.73. The van der Waals surface area contributed by atoms with Crippen molar-refractivity contribution >= 4 is 7.32 Å². The summed E-state index contributed by atoms with van der Waals surface area (Å²) in [6, 6.07) is 0. The van der Waals surface area contributed by atoms with Crippen LogP contribution in [0.1, 0.15) is 0 Å². The van der Waals surface area contributed by atoms with E-state index in [1.807, 2.05) is 4.65 Å². The third-order valence-corrected chi connectivity index (χ3v) is 2.55. The topological polar surface area (TPSA) is 49.7 Å². The van der Waals surface area contributed by atoms with Gasteiger partial charge in [-0.3, -0.25) is 0 Å². The molecule has 19 heteroatoms. The molecule has 0 bridgehead atoms. The largest absolute Gasteiger partial charge is 0.638 e. The molecular formula is C7H2BF15O3. The highest BCUT2D eigenvalue weighted by molar-refractivity contribution is 6.32. The van der Waals surface area contributed by atoms with E-state index in [1.54, 1.807) is 0 Å². The van der Waals surface area contributed by atoms with E-state index in [4.69, 9.17) is 10.0 Å². The Kier molecular flexibility index (Phi) is 5.95. The van der Waals surface area contributed by atoms with Crippen molar-refractivity contribution in [3.63, 3.8) is 0 Å². The zero-order chi connectivity index (χ0) is 21.8. The van der Waals surface area contributed by atoms with E-state index in [1.165, 1.54) is 0 Å². The lowest BCUT2D eigenvalue weighted by Gasteiger charge is -2.41. The Bertz CT molecular complexity index is 512. The molecule has 0 aliphatic rings. The maximum Gasteiger partial charge on any atom is 0.638 e. The molecule has 0 aromatic heterocycles. The Morgan fingerprint density at radius 2 is 0.731 bits per heavy atom. The summed E-state index contributed by atoms with van der Waals surface area (Å²) in [5, 5.41) is 15.6. The van der Waals surface area contributed by atoms with Crippen molar-refractivity contribution in [1.82, 2.24) is 0 Å². The van der Waals surface area contributed by atoms with Gasteiger partial charge in [0.05, 0.1) is 0 Å². The maximum atomic E-state index is 12.9. The SMILES string of the molecule is OB(O)OC(F)(F)C(F)(F)C(F)(F)C(F)(F)C(F)(F)C(F)(F)C(F)(F)F. The van der Waals surface area contributed by atoms with E-state index in [9.17, 15) is 65.9 Å². The summed E-state index contributed by atoms with van der Waals surface area (Å²) in [7, 11) is -4.10. The van der Waals surface area contributed by atoms with Gasteiger partial charge in [-0.25, -0.2) is 0 Å². The third-order valence-electron chi connectivity index (χ3n) is 2.55. The molecule has 0 unspecified atom stereocenters. The van der Waals surface area contributed by atoms with Gasteiger partial charge in [-0.1, -0.05) is 0 Å². The molecule has 0 aliphatic carbocycles. The van der Waals surface area contributed by atoms with E-state index in [-0.39, 0.29) is 0 Å². The third kappa shape index (κ3) is 3.27. The van der Waals surface area contributed by atoms with Crippen LogP contribution >= 0.6 is 0 Å². The van der Waals surface area contributed by atoms with Crippen molar-refractivity contribution in [3.8, 4) is 0 Å². The number of hydrogen-bond acceptors (Lipinski definition) is 3. The summed E-state index contributed by atoms with van der Waals surface area (Å²) in [4.78, 5) is 0. The van der Waals surface area contributed by atoms with Crippen LogP contribution in [-0.2, 0) is 4.65 Å². The molecule has 0 rings (SSSR count). The molecule has 0 amide bonds. The van der Waals surface area contributed by atoms with Crippen LogP contribution in [0.2, 0.25) is 0 Å². The molecule has 0 aliphatic heterocycles. The minimum absolute atomic E-state index is 2.01. The van der Waals surface area contributed by atoms with Gasteiger partial charge in [0, 0.05) is 0 Å². The van der Waals surface area contributed by atoms with Crippen LogP contribution in [0.5, 0.6) is 0 Å². The Morgan fingerprint density at radius 3 is 1.00 bits per heavy atom. The van der Waals surface area contributed by atoms with Crippen molar-refractivity contribution in [2.45, 2.75) is 41.9 Å². The summed E-state index contributed by atoms with van der Waals surface area (Å²) in [5.74, 6) is -41.1. The van der Waals surface area contributed by atoms with Crippen molar-refractivity contribution in [2.75, 3.05) is 0 Å². The van der Waals surface area contributed by atoms with Crippen LogP contribution in [0.15, 0.2) is 0 Å². The first kappa shape index (κ1) is 24.9. The maximum absolute atomic E-state index is 12.9. The number of rotatable bonds is 7. The highest BCUT2D eigenvalue weighted by Gasteiger charge is 2.93. The molecular weight excluding hydrogens is 428 g/mol. The van der Waals surface area contributed by atoms with E-state index in [0.29, 0.717) is 0 Å². The van der Waals surface area contributed by atoms with Crippen LogP contribution in [0.3, 0.4) is 0 Å². The van der Waals surface area contributed by atoms with Crippen LogP contribution < -0.4 is 0 Å². The number of alkyl halides is 15. The lowest BCUT2D eigenvalue weighted by molar-refractivity contribution is -0.466. The first-order valence-electron chi connectivity index (χ1n) is 5.29. The van der Waals surface area contributed by atoms with Crippen molar-refractivity contribution in [2.24, 2.45) is 0 Å². The summed E-state index contributed by atoms with van der Waals surface area (Å²) in [5.41, 5.74) is 0. The molecule has 156 valence electrons. The molecule has 0 radical (unpaired) electrons. The highest BCUT2D eigenvalue weighted by Crippen LogP contribution is 2.62. The molecule has 0 aromatic rings. The van der Waals surface area contributed by atoms with Crippen LogP contribution in [-0.4, -0.2) is 59.3 Å². The number of hydrogen-bond donors (Lipinski definition) is 2. The standard InChI is InChI=1S/C7H2BF15O3/c9-1(10,2(11,12)4(15,16)6(19,20)21)3(13,14)5(17,18)7(22,23)26-8(24)25/h24-25H. The quantitative estimate of drug-likeness (QED) is 0.482. The Balaban J connectivity index is 6.42. The second-order valence-corrected chi connectivity index (χ2v) is 4.33. The molecule has 0 fully saturated rings. The average Bonchev–Trinajstić information content (AvgIpc) is 2.34. The zero-order valence-electron chi connectivity index (χ0n) is 11.0. The number of halogens is 15. The first-order chi connectivity index (χ1) is 10.9. The zero-order valence-corrected chi connectivity index (χ0v) is 11.0. The van der Waals surface area contributed by atoms with Crippen LogP contribution in [0.25, 0.3) is 0 Å².